The largest absolute Gasteiger partial charge is 0.481 e. The van der Waals surface area contributed by atoms with Crippen LogP contribution in [0.1, 0.15) is 43.0 Å². The van der Waals surface area contributed by atoms with Crippen LogP contribution < -0.4 is 0 Å². The zero-order chi connectivity index (χ0) is 17.6. The van der Waals surface area contributed by atoms with Gasteiger partial charge in [-0.3, -0.25) is 24.2 Å². The molecule has 2 N–H and O–H groups in total. The van der Waals surface area contributed by atoms with Crippen molar-refractivity contribution >= 4 is 39.4 Å². The van der Waals surface area contributed by atoms with E-state index in [1.54, 1.807) is 0 Å². The summed E-state index contributed by atoms with van der Waals surface area (Å²) in [7, 11) is 0. The topological polar surface area (TPSA) is 122 Å². The van der Waals surface area contributed by atoms with Gasteiger partial charge in [0.25, 0.3) is 0 Å². The SMILES string of the molecule is CC(=O)C(CCCCC(=O)O)(C(=O)O)C(=O)c1cncc(Br)c1. The van der Waals surface area contributed by atoms with Crippen LogP contribution in [0.4, 0.5) is 0 Å². The van der Waals surface area contributed by atoms with Gasteiger partial charge >= 0.3 is 11.9 Å². The highest BCUT2D eigenvalue weighted by Crippen LogP contribution is 2.32. The molecule has 1 aromatic rings. The van der Waals surface area contributed by atoms with E-state index in [2.05, 4.69) is 20.9 Å². The number of rotatable bonds is 9. The van der Waals surface area contributed by atoms with Crippen molar-refractivity contribution in [2.75, 3.05) is 0 Å². The van der Waals surface area contributed by atoms with E-state index in [0.717, 1.165) is 6.92 Å². The van der Waals surface area contributed by atoms with E-state index in [4.69, 9.17) is 5.11 Å². The van der Waals surface area contributed by atoms with Crippen molar-refractivity contribution in [3.8, 4) is 0 Å². The maximum atomic E-state index is 12.7. The van der Waals surface area contributed by atoms with Crippen molar-refractivity contribution in [3.05, 3.63) is 28.5 Å². The van der Waals surface area contributed by atoms with Crippen LogP contribution in [0.3, 0.4) is 0 Å². The number of carboxylic acids is 2. The molecule has 1 heterocycles. The first-order valence-corrected chi connectivity index (χ1v) is 7.62. The lowest BCUT2D eigenvalue weighted by Gasteiger charge is -2.25. The molecule has 0 spiro atoms. The van der Waals surface area contributed by atoms with Gasteiger partial charge in [0.2, 0.25) is 0 Å². The zero-order valence-electron chi connectivity index (χ0n) is 12.4. The van der Waals surface area contributed by atoms with Gasteiger partial charge in [0.15, 0.2) is 17.0 Å². The summed E-state index contributed by atoms with van der Waals surface area (Å²) in [5.41, 5.74) is -2.21. The Bertz CT molecular complexity index is 629. The first kappa shape index (κ1) is 19.0. The lowest BCUT2D eigenvalue weighted by Crippen LogP contribution is -2.45. The highest BCUT2D eigenvalue weighted by molar-refractivity contribution is 9.10. The summed E-state index contributed by atoms with van der Waals surface area (Å²) < 4.78 is 0.483. The molecule has 0 aromatic carbocycles. The summed E-state index contributed by atoms with van der Waals surface area (Å²) in [5.74, 6) is -4.19. The minimum Gasteiger partial charge on any atom is -0.481 e. The van der Waals surface area contributed by atoms with Gasteiger partial charge < -0.3 is 10.2 Å². The second kappa shape index (κ2) is 7.96. The summed E-state index contributed by atoms with van der Waals surface area (Å²) in [6.07, 6.45) is 2.54. The standard InChI is InChI=1S/C15H16BrNO6/c1-9(18)15(14(22)23,5-3-2-4-12(19)20)13(21)10-6-11(16)8-17-7-10/h6-8H,2-5H2,1H3,(H,19,20)(H,22,23). The van der Waals surface area contributed by atoms with Crippen LogP contribution in [0.5, 0.6) is 0 Å². The summed E-state index contributed by atoms with van der Waals surface area (Å²) in [6.45, 7) is 1.05. The minimum absolute atomic E-state index is 0.00945. The third-order valence-electron chi connectivity index (χ3n) is 3.51. The van der Waals surface area contributed by atoms with Gasteiger partial charge in [-0.25, -0.2) is 0 Å². The molecule has 0 saturated carbocycles. The number of aromatic nitrogens is 1. The van der Waals surface area contributed by atoms with Crippen molar-refractivity contribution in [1.82, 2.24) is 4.98 Å². The van der Waals surface area contributed by atoms with Crippen molar-refractivity contribution in [3.63, 3.8) is 0 Å². The average Bonchev–Trinajstić information content (AvgIpc) is 2.45. The van der Waals surface area contributed by atoms with Crippen LogP contribution in [0.2, 0.25) is 0 Å². The predicted octanol–water partition coefficient (Wildman–Crippen LogP) is 2.33. The predicted molar refractivity (Wildman–Crippen MR) is 83.1 cm³/mol. The quantitative estimate of drug-likeness (QED) is 0.379. The Balaban J connectivity index is 3.13. The molecule has 1 atom stereocenters. The van der Waals surface area contributed by atoms with Crippen LogP contribution in [0.25, 0.3) is 0 Å². The van der Waals surface area contributed by atoms with Crippen LogP contribution in [0.15, 0.2) is 22.9 Å². The zero-order valence-corrected chi connectivity index (χ0v) is 14.0. The lowest BCUT2D eigenvalue weighted by molar-refractivity contribution is -0.151. The number of pyridine rings is 1. The smallest absolute Gasteiger partial charge is 0.325 e. The molecule has 0 aliphatic carbocycles. The maximum absolute atomic E-state index is 12.7. The molecule has 0 radical (unpaired) electrons. The number of aliphatic carboxylic acids is 2. The highest BCUT2D eigenvalue weighted by atomic mass is 79.9. The molecule has 8 heteroatoms. The number of carboxylic acid groups (broad SMARTS) is 2. The number of ketones is 2. The molecule has 0 amide bonds. The fourth-order valence-corrected chi connectivity index (χ4v) is 2.62. The van der Waals surface area contributed by atoms with Crippen molar-refractivity contribution in [2.24, 2.45) is 5.41 Å². The van der Waals surface area contributed by atoms with Crippen LogP contribution in [0, 0.1) is 5.41 Å². The molecule has 1 rings (SSSR count). The molecule has 124 valence electrons. The summed E-state index contributed by atoms with van der Waals surface area (Å²) in [5, 5.41) is 18.1. The van der Waals surface area contributed by atoms with Gasteiger partial charge in [0.05, 0.1) is 0 Å². The Labute approximate surface area is 140 Å². The molecular weight excluding hydrogens is 370 g/mol. The number of nitrogens with zero attached hydrogens (tertiary/aromatic N) is 1. The van der Waals surface area contributed by atoms with Crippen molar-refractivity contribution < 1.29 is 29.4 Å². The first-order valence-electron chi connectivity index (χ1n) is 6.83. The Morgan fingerprint density at radius 3 is 2.30 bits per heavy atom. The van der Waals surface area contributed by atoms with E-state index in [9.17, 15) is 24.3 Å². The second-order valence-electron chi connectivity index (χ2n) is 5.09. The average molecular weight is 386 g/mol. The van der Waals surface area contributed by atoms with Crippen LogP contribution in [-0.2, 0) is 14.4 Å². The van der Waals surface area contributed by atoms with E-state index in [-0.39, 0.29) is 31.2 Å². The monoisotopic (exact) mass is 385 g/mol. The van der Waals surface area contributed by atoms with E-state index in [1.807, 2.05) is 0 Å². The molecule has 0 fully saturated rings. The van der Waals surface area contributed by atoms with Gasteiger partial charge in [0.1, 0.15) is 0 Å². The fourth-order valence-electron chi connectivity index (χ4n) is 2.25. The summed E-state index contributed by atoms with van der Waals surface area (Å²) in [4.78, 5) is 50.7. The molecule has 0 aliphatic rings. The Morgan fingerprint density at radius 1 is 1.17 bits per heavy atom. The molecule has 7 nitrogen and oxygen atoms in total. The van der Waals surface area contributed by atoms with Gasteiger partial charge in [-0.1, -0.05) is 6.42 Å². The van der Waals surface area contributed by atoms with E-state index >= 15 is 0 Å². The summed E-state index contributed by atoms with van der Waals surface area (Å²) in [6, 6.07) is 1.40. The van der Waals surface area contributed by atoms with Crippen molar-refractivity contribution in [1.29, 1.82) is 0 Å². The molecule has 0 aliphatic heterocycles. The first-order chi connectivity index (χ1) is 10.7. The molecule has 23 heavy (non-hydrogen) atoms. The Morgan fingerprint density at radius 2 is 1.83 bits per heavy atom. The van der Waals surface area contributed by atoms with Crippen molar-refractivity contribution in [2.45, 2.75) is 32.6 Å². The number of Topliss-reactive ketones (excluding diaryl/α,β-unsaturated/α-hetero) is 2. The number of unbranched alkanes of at least 4 members (excludes halogenated alkanes) is 1. The number of carbonyl (C=O) groups is 4. The normalized spacial score (nSPS) is 13.1. The number of hydrogen-bond acceptors (Lipinski definition) is 5. The number of halogens is 1. The fraction of sp³-hybridized carbons (Fsp3) is 0.400. The van der Waals surface area contributed by atoms with Crippen LogP contribution >= 0.6 is 15.9 Å². The molecule has 0 saturated heterocycles. The second-order valence-corrected chi connectivity index (χ2v) is 6.00. The number of carbonyl (C=O) groups excluding carboxylic acids is 2. The van der Waals surface area contributed by atoms with E-state index < -0.39 is 28.9 Å². The van der Waals surface area contributed by atoms with E-state index in [0.29, 0.717) is 4.47 Å². The lowest BCUT2D eigenvalue weighted by atomic mass is 9.73. The molecular formula is C15H16BrNO6. The maximum Gasteiger partial charge on any atom is 0.325 e. The van der Waals surface area contributed by atoms with Gasteiger partial charge in [-0.15, -0.1) is 0 Å². The van der Waals surface area contributed by atoms with E-state index in [1.165, 1.54) is 18.5 Å². The number of hydrogen-bond donors (Lipinski definition) is 2. The summed E-state index contributed by atoms with van der Waals surface area (Å²) >= 11 is 3.14. The minimum atomic E-state index is -2.22. The third-order valence-corrected chi connectivity index (χ3v) is 3.95. The molecule has 1 unspecified atom stereocenters. The Hall–Kier alpha value is -2.09. The highest BCUT2D eigenvalue weighted by Gasteiger charge is 2.50. The molecule has 0 bridgehead atoms. The van der Waals surface area contributed by atoms with Crippen LogP contribution in [-0.4, -0.2) is 38.7 Å². The van der Waals surface area contributed by atoms with Gasteiger partial charge in [0, 0.05) is 28.9 Å². The van der Waals surface area contributed by atoms with Gasteiger partial charge in [-0.05, 0) is 41.8 Å². The Kier molecular flexibility index (Phi) is 6.56. The molecule has 1 aromatic heterocycles. The third kappa shape index (κ3) is 4.44. The van der Waals surface area contributed by atoms with Gasteiger partial charge in [-0.2, -0.15) is 0 Å².